The number of nitrogens with one attached hydrogen (secondary N) is 1. The molecule has 0 spiro atoms. The Morgan fingerprint density at radius 1 is 1.08 bits per heavy atom. The third-order valence-electron chi connectivity index (χ3n) is 5.72. The van der Waals surface area contributed by atoms with Crippen LogP contribution in [0.25, 0.3) is 17.0 Å². The Morgan fingerprint density at radius 3 is 2.53 bits per heavy atom. The van der Waals surface area contributed by atoms with Crippen molar-refractivity contribution in [2.45, 2.75) is 19.6 Å². The molecule has 182 valence electrons. The molecule has 1 N–H and O–H groups in total. The molecule has 0 radical (unpaired) electrons. The summed E-state index contributed by atoms with van der Waals surface area (Å²) in [6, 6.07) is 18.8. The maximum atomic E-state index is 13.0. The van der Waals surface area contributed by atoms with Gasteiger partial charge in [0.2, 0.25) is 0 Å². The van der Waals surface area contributed by atoms with E-state index in [-0.39, 0.29) is 11.3 Å². The summed E-state index contributed by atoms with van der Waals surface area (Å²) in [6.45, 7) is 2.28. The van der Waals surface area contributed by atoms with Gasteiger partial charge in [-0.15, -0.1) is 0 Å². The second kappa shape index (κ2) is 10.1. The van der Waals surface area contributed by atoms with E-state index in [0.29, 0.717) is 22.2 Å². The molecule has 9 heteroatoms. The van der Waals surface area contributed by atoms with E-state index in [1.165, 1.54) is 18.2 Å². The number of hydrogen-bond donors (Lipinski definition) is 1. The Balaban J connectivity index is 1.72. The number of fused-ring (bicyclic) bond motifs is 1. The van der Waals surface area contributed by atoms with Crippen molar-refractivity contribution in [1.82, 2.24) is 4.57 Å². The van der Waals surface area contributed by atoms with Gasteiger partial charge in [0, 0.05) is 44.4 Å². The Labute approximate surface area is 215 Å². The first-order chi connectivity index (χ1) is 17.1. The summed E-state index contributed by atoms with van der Waals surface area (Å²) in [4.78, 5) is 12.8. The van der Waals surface area contributed by atoms with Gasteiger partial charge in [-0.3, -0.25) is 4.79 Å². The van der Waals surface area contributed by atoms with E-state index in [0.717, 1.165) is 34.3 Å². The van der Waals surface area contributed by atoms with Crippen molar-refractivity contribution in [3.8, 4) is 6.07 Å². The maximum absolute atomic E-state index is 13.0. The number of alkyl halides is 3. The molecule has 0 aliphatic rings. The molecule has 36 heavy (non-hydrogen) atoms. The fraction of sp³-hybridized carbons (Fsp3) is 0.111. The van der Waals surface area contributed by atoms with Crippen LogP contribution in [0.1, 0.15) is 22.4 Å². The number of para-hydroxylation sites is 1. The van der Waals surface area contributed by atoms with E-state index in [9.17, 15) is 23.2 Å². The van der Waals surface area contributed by atoms with Crippen LogP contribution in [0.15, 0.2) is 72.3 Å². The van der Waals surface area contributed by atoms with Gasteiger partial charge in [-0.2, -0.15) is 18.4 Å². The van der Waals surface area contributed by atoms with Crippen LogP contribution in [0, 0.1) is 18.3 Å². The number of benzene rings is 3. The normalized spacial score (nSPS) is 12.0. The van der Waals surface area contributed by atoms with Crippen LogP contribution in [0.5, 0.6) is 0 Å². The number of carbonyl (C=O) groups is 1. The summed E-state index contributed by atoms with van der Waals surface area (Å²) in [7, 11) is 0. The van der Waals surface area contributed by atoms with E-state index in [4.69, 9.17) is 23.2 Å². The van der Waals surface area contributed by atoms with Crippen molar-refractivity contribution in [2.24, 2.45) is 0 Å². The van der Waals surface area contributed by atoms with Gasteiger partial charge in [0.25, 0.3) is 5.91 Å². The Morgan fingerprint density at radius 2 is 1.83 bits per heavy atom. The van der Waals surface area contributed by atoms with E-state index in [2.05, 4.69) is 5.32 Å². The third-order valence-corrected chi connectivity index (χ3v) is 6.31. The number of nitrogens with zero attached hydrogens (tertiary/aromatic N) is 2. The molecule has 0 saturated carbocycles. The minimum absolute atomic E-state index is 0.0625. The first-order valence-electron chi connectivity index (χ1n) is 10.7. The zero-order valence-electron chi connectivity index (χ0n) is 18.8. The fourth-order valence-electron chi connectivity index (χ4n) is 3.93. The topological polar surface area (TPSA) is 57.8 Å². The van der Waals surface area contributed by atoms with Crippen molar-refractivity contribution >= 4 is 51.8 Å². The third kappa shape index (κ3) is 5.25. The highest BCUT2D eigenvalue weighted by atomic mass is 35.5. The summed E-state index contributed by atoms with van der Waals surface area (Å²) in [5.74, 6) is -0.811. The van der Waals surface area contributed by atoms with Crippen LogP contribution in [-0.4, -0.2) is 10.5 Å². The fourth-order valence-corrected chi connectivity index (χ4v) is 4.40. The van der Waals surface area contributed by atoms with Crippen molar-refractivity contribution < 1.29 is 18.0 Å². The number of anilines is 1. The molecule has 3 aromatic carbocycles. The number of carbonyl (C=O) groups excluding carboxylic acids is 1. The van der Waals surface area contributed by atoms with Gasteiger partial charge in [0.15, 0.2) is 0 Å². The first-order valence-corrected chi connectivity index (χ1v) is 11.5. The predicted octanol–water partition coefficient (Wildman–Crippen LogP) is 7.87. The van der Waals surface area contributed by atoms with Gasteiger partial charge in [0.1, 0.15) is 11.6 Å². The monoisotopic (exact) mass is 527 g/mol. The molecule has 0 unspecified atom stereocenters. The zero-order chi connectivity index (χ0) is 26.0. The molecule has 0 aliphatic heterocycles. The van der Waals surface area contributed by atoms with Crippen LogP contribution in [0.3, 0.4) is 0 Å². The van der Waals surface area contributed by atoms with Crippen molar-refractivity contribution in [2.75, 3.05) is 5.32 Å². The van der Waals surface area contributed by atoms with E-state index < -0.39 is 17.6 Å². The molecule has 4 nitrogen and oxygen atoms in total. The standard InChI is InChI=1S/C27H18Cl2F3N3O/c1-16-23(11-18(14-33)26(36)34-21-6-4-5-19(12-21)27(30,31)32)22-7-2-3-8-25(22)35(16)15-17-9-10-20(28)13-24(17)29/h2-13H,15H2,1H3,(H,34,36)/b18-11-. The van der Waals surface area contributed by atoms with Crippen molar-refractivity contribution in [3.63, 3.8) is 0 Å². The number of halogens is 5. The van der Waals surface area contributed by atoms with Crippen LogP contribution in [-0.2, 0) is 17.5 Å². The van der Waals surface area contributed by atoms with Crippen LogP contribution in [0.4, 0.5) is 18.9 Å². The lowest BCUT2D eigenvalue weighted by Gasteiger charge is -2.11. The van der Waals surface area contributed by atoms with E-state index in [1.54, 1.807) is 12.1 Å². The smallest absolute Gasteiger partial charge is 0.340 e. The second-order valence-electron chi connectivity index (χ2n) is 8.04. The molecule has 0 atom stereocenters. The Hall–Kier alpha value is -3.73. The number of rotatable bonds is 5. The molecule has 0 saturated heterocycles. The summed E-state index contributed by atoms with van der Waals surface area (Å²) in [5.41, 5.74) is 1.91. The largest absolute Gasteiger partial charge is 0.416 e. The highest BCUT2D eigenvalue weighted by molar-refractivity contribution is 6.35. The molecule has 4 rings (SSSR count). The molecule has 1 amide bonds. The highest BCUT2D eigenvalue weighted by Crippen LogP contribution is 2.32. The van der Waals surface area contributed by atoms with E-state index >= 15 is 0 Å². The molecule has 0 bridgehead atoms. The number of hydrogen-bond acceptors (Lipinski definition) is 2. The molecular weight excluding hydrogens is 510 g/mol. The van der Waals surface area contributed by atoms with Crippen LogP contribution < -0.4 is 5.32 Å². The maximum Gasteiger partial charge on any atom is 0.416 e. The lowest BCUT2D eigenvalue weighted by atomic mass is 10.1. The predicted molar refractivity (Wildman–Crippen MR) is 136 cm³/mol. The van der Waals surface area contributed by atoms with Gasteiger partial charge < -0.3 is 9.88 Å². The molecule has 1 heterocycles. The Kier molecular flexibility index (Phi) is 7.11. The average molecular weight is 528 g/mol. The summed E-state index contributed by atoms with van der Waals surface area (Å²) < 4.78 is 41.1. The minimum Gasteiger partial charge on any atom is -0.340 e. The van der Waals surface area contributed by atoms with Crippen molar-refractivity contribution in [1.29, 1.82) is 5.26 Å². The lowest BCUT2D eigenvalue weighted by Crippen LogP contribution is -2.14. The first kappa shape index (κ1) is 25.4. The van der Waals surface area contributed by atoms with Gasteiger partial charge in [-0.05, 0) is 55.0 Å². The van der Waals surface area contributed by atoms with Gasteiger partial charge in [0.05, 0.1) is 5.56 Å². The average Bonchev–Trinajstić information content (AvgIpc) is 3.09. The number of nitriles is 1. The molecule has 1 aromatic heterocycles. The molecule has 0 aliphatic carbocycles. The van der Waals surface area contributed by atoms with E-state index in [1.807, 2.05) is 47.9 Å². The number of amides is 1. The minimum atomic E-state index is -4.56. The SMILES string of the molecule is Cc1c(/C=C(/C#N)C(=O)Nc2cccc(C(F)(F)F)c2)c2ccccc2n1Cc1ccc(Cl)cc1Cl. The van der Waals surface area contributed by atoms with Crippen LogP contribution >= 0.6 is 23.2 Å². The second-order valence-corrected chi connectivity index (χ2v) is 8.88. The molecule has 0 fully saturated rings. The summed E-state index contributed by atoms with van der Waals surface area (Å²) in [5, 5.41) is 13.9. The van der Waals surface area contributed by atoms with Crippen LogP contribution in [0.2, 0.25) is 10.0 Å². The van der Waals surface area contributed by atoms with Gasteiger partial charge in [-0.1, -0.05) is 53.5 Å². The summed E-state index contributed by atoms with van der Waals surface area (Å²) >= 11 is 12.4. The number of aromatic nitrogens is 1. The highest BCUT2D eigenvalue weighted by Gasteiger charge is 2.30. The molecule has 4 aromatic rings. The van der Waals surface area contributed by atoms with Gasteiger partial charge in [-0.25, -0.2) is 0 Å². The zero-order valence-corrected chi connectivity index (χ0v) is 20.3. The van der Waals surface area contributed by atoms with Crippen molar-refractivity contribution in [3.05, 3.63) is 105 Å². The quantitative estimate of drug-likeness (QED) is 0.212. The summed E-state index contributed by atoms with van der Waals surface area (Å²) in [6.07, 6.45) is -3.11. The molecular formula is C27H18Cl2F3N3O. The Bertz CT molecular complexity index is 1550. The lowest BCUT2D eigenvalue weighted by molar-refractivity contribution is -0.137. The van der Waals surface area contributed by atoms with Gasteiger partial charge >= 0.3 is 6.18 Å².